The quantitative estimate of drug-likeness (QED) is 0.782. The van der Waals surface area contributed by atoms with E-state index in [1.165, 1.54) is 0 Å². The predicted molar refractivity (Wildman–Crippen MR) is 64.4 cm³/mol. The lowest BCUT2D eigenvalue weighted by Gasteiger charge is -2.24. The van der Waals surface area contributed by atoms with Gasteiger partial charge in [-0.25, -0.2) is 4.98 Å². The minimum atomic E-state index is -0.0290. The third-order valence-electron chi connectivity index (χ3n) is 2.44. The minimum Gasteiger partial charge on any atom is -0.383 e. The number of aromatic nitrogens is 1. The van der Waals surface area contributed by atoms with Crippen LogP contribution in [0.4, 0.5) is 5.82 Å². The van der Waals surface area contributed by atoms with Crippen molar-refractivity contribution < 1.29 is 0 Å². The maximum atomic E-state index is 6.16. The molecular formula is C12H21N3. The van der Waals surface area contributed by atoms with Gasteiger partial charge in [-0.2, -0.15) is 0 Å². The molecule has 0 saturated heterocycles. The largest absolute Gasteiger partial charge is 0.383 e. The Labute approximate surface area is 91.9 Å². The maximum Gasteiger partial charge on any atom is 0.128 e. The zero-order valence-corrected chi connectivity index (χ0v) is 10.0. The molecule has 0 aromatic carbocycles. The number of rotatable bonds is 2. The second-order valence-corrected chi connectivity index (χ2v) is 5.30. The fourth-order valence-electron chi connectivity index (χ4n) is 1.83. The van der Waals surface area contributed by atoms with Gasteiger partial charge in [-0.15, -0.1) is 0 Å². The highest BCUT2D eigenvalue weighted by atomic mass is 14.8. The molecule has 1 heterocycles. The van der Waals surface area contributed by atoms with E-state index in [1.54, 1.807) is 6.20 Å². The van der Waals surface area contributed by atoms with Gasteiger partial charge in [0.25, 0.3) is 0 Å². The van der Waals surface area contributed by atoms with Gasteiger partial charge in [-0.1, -0.05) is 20.8 Å². The van der Waals surface area contributed by atoms with Crippen molar-refractivity contribution >= 4 is 5.82 Å². The van der Waals surface area contributed by atoms with E-state index in [2.05, 4.69) is 25.8 Å². The molecule has 0 spiro atoms. The van der Waals surface area contributed by atoms with Gasteiger partial charge in [-0.05, 0) is 30.4 Å². The van der Waals surface area contributed by atoms with Crippen LogP contribution in [0.3, 0.4) is 0 Å². The molecule has 0 aliphatic heterocycles. The van der Waals surface area contributed by atoms with Crippen molar-refractivity contribution in [2.24, 2.45) is 11.1 Å². The van der Waals surface area contributed by atoms with E-state index in [9.17, 15) is 0 Å². The number of nitrogens with two attached hydrogens (primary N) is 2. The molecular weight excluding hydrogens is 186 g/mol. The Hall–Kier alpha value is -1.09. The van der Waals surface area contributed by atoms with Crippen LogP contribution >= 0.6 is 0 Å². The van der Waals surface area contributed by atoms with Gasteiger partial charge in [0.2, 0.25) is 0 Å². The van der Waals surface area contributed by atoms with E-state index in [4.69, 9.17) is 11.5 Å². The molecule has 84 valence electrons. The molecule has 3 heteroatoms. The normalized spacial score (nSPS) is 13.9. The highest BCUT2D eigenvalue weighted by Crippen LogP contribution is 2.31. The van der Waals surface area contributed by atoms with Gasteiger partial charge in [0.1, 0.15) is 5.82 Å². The SMILES string of the molecule is Cc1ccnc(N)c1C(N)CC(C)(C)C. The van der Waals surface area contributed by atoms with Crippen molar-refractivity contribution in [3.05, 3.63) is 23.4 Å². The zero-order chi connectivity index (χ0) is 11.6. The molecule has 1 aromatic heterocycles. The van der Waals surface area contributed by atoms with Crippen LogP contribution in [-0.2, 0) is 0 Å². The van der Waals surface area contributed by atoms with Crippen LogP contribution in [0.15, 0.2) is 12.3 Å². The fraction of sp³-hybridized carbons (Fsp3) is 0.583. The molecule has 0 amide bonds. The molecule has 1 unspecified atom stereocenters. The number of nitrogens with zero attached hydrogens (tertiary/aromatic N) is 1. The lowest BCUT2D eigenvalue weighted by Crippen LogP contribution is -2.21. The van der Waals surface area contributed by atoms with Crippen LogP contribution < -0.4 is 11.5 Å². The van der Waals surface area contributed by atoms with Crippen LogP contribution in [0, 0.1) is 12.3 Å². The first-order chi connectivity index (χ1) is 6.81. The van der Waals surface area contributed by atoms with Crippen molar-refractivity contribution in [1.82, 2.24) is 4.98 Å². The molecule has 0 fully saturated rings. The van der Waals surface area contributed by atoms with Crippen molar-refractivity contribution in [3.63, 3.8) is 0 Å². The Balaban J connectivity index is 2.96. The first kappa shape index (κ1) is 12.0. The number of pyridine rings is 1. The van der Waals surface area contributed by atoms with Gasteiger partial charge in [0.05, 0.1) is 0 Å². The standard InChI is InChI=1S/C12H21N3/c1-8-5-6-15-11(14)10(8)9(13)7-12(2,3)4/h5-6,9H,7,13H2,1-4H3,(H2,14,15). The lowest BCUT2D eigenvalue weighted by atomic mass is 9.85. The minimum absolute atomic E-state index is 0.0290. The van der Waals surface area contributed by atoms with Crippen LogP contribution in [0.2, 0.25) is 0 Å². The molecule has 1 aromatic rings. The van der Waals surface area contributed by atoms with E-state index in [1.807, 2.05) is 13.0 Å². The third kappa shape index (κ3) is 3.20. The van der Waals surface area contributed by atoms with Crippen LogP contribution in [0.25, 0.3) is 0 Å². The van der Waals surface area contributed by atoms with Crippen LogP contribution in [0.1, 0.15) is 44.4 Å². The first-order valence-corrected chi connectivity index (χ1v) is 5.28. The van der Waals surface area contributed by atoms with E-state index in [0.29, 0.717) is 5.82 Å². The number of anilines is 1. The van der Waals surface area contributed by atoms with E-state index >= 15 is 0 Å². The first-order valence-electron chi connectivity index (χ1n) is 5.28. The Morgan fingerprint density at radius 3 is 2.47 bits per heavy atom. The summed E-state index contributed by atoms with van der Waals surface area (Å²) in [6, 6.07) is 1.92. The van der Waals surface area contributed by atoms with Gasteiger partial charge in [0, 0.05) is 17.8 Å². The number of hydrogen-bond acceptors (Lipinski definition) is 3. The molecule has 0 saturated carbocycles. The molecule has 1 rings (SSSR count). The smallest absolute Gasteiger partial charge is 0.128 e. The van der Waals surface area contributed by atoms with Crippen LogP contribution in [0.5, 0.6) is 0 Å². The molecule has 0 aliphatic rings. The van der Waals surface area contributed by atoms with E-state index in [0.717, 1.165) is 17.5 Å². The summed E-state index contributed by atoms with van der Waals surface area (Å²) in [7, 11) is 0. The molecule has 15 heavy (non-hydrogen) atoms. The van der Waals surface area contributed by atoms with E-state index < -0.39 is 0 Å². The van der Waals surface area contributed by atoms with Gasteiger partial charge < -0.3 is 11.5 Å². The maximum absolute atomic E-state index is 6.16. The number of hydrogen-bond donors (Lipinski definition) is 2. The van der Waals surface area contributed by atoms with Crippen molar-refractivity contribution in [3.8, 4) is 0 Å². The average molecular weight is 207 g/mol. The summed E-state index contributed by atoms with van der Waals surface area (Å²) in [5.41, 5.74) is 14.3. The Kier molecular flexibility index (Phi) is 3.35. The summed E-state index contributed by atoms with van der Waals surface area (Å²) in [6.45, 7) is 8.55. The lowest BCUT2D eigenvalue weighted by molar-refractivity contribution is 0.342. The molecule has 0 bridgehead atoms. The monoisotopic (exact) mass is 207 g/mol. The summed E-state index contributed by atoms with van der Waals surface area (Å²) in [5, 5.41) is 0. The second-order valence-electron chi connectivity index (χ2n) is 5.30. The number of aryl methyl sites for hydroxylation is 1. The van der Waals surface area contributed by atoms with Gasteiger partial charge in [0.15, 0.2) is 0 Å². The highest BCUT2D eigenvalue weighted by Gasteiger charge is 2.20. The molecule has 3 nitrogen and oxygen atoms in total. The topological polar surface area (TPSA) is 64.9 Å². The van der Waals surface area contributed by atoms with Crippen molar-refractivity contribution in [1.29, 1.82) is 0 Å². The predicted octanol–water partition coefficient (Wildman–Crippen LogP) is 2.41. The number of nitrogen functional groups attached to an aromatic ring is 1. The second kappa shape index (κ2) is 4.19. The Morgan fingerprint density at radius 2 is 2.00 bits per heavy atom. The molecule has 1 atom stereocenters. The third-order valence-corrected chi connectivity index (χ3v) is 2.44. The van der Waals surface area contributed by atoms with Gasteiger partial charge in [-0.3, -0.25) is 0 Å². The molecule has 0 radical (unpaired) electrons. The fourth-order valence-corrected chi connectivity index (χ4v) is 1.83. The Morgan fingerprint density at radius 1 is 1.40 bits per heavy atom. The highest BCUT2D eigenvalue weighted by molar-refractivity contribution is 5.45. The Bertz CT molecular complexity index is 319. The average Bonchev–Trinajstić information content (AvgIpc) is 1.99. The summed E-state index contributed by atoms with van der Waals surface area (Å²) < 4.78 is 0. The zero-order valence-electron chi connectivity index (χ0n) is 10.0. The van der Waals surface area contributed by atoms with Crippen LogP contribution in [-0.4, -0.2) is 4.98 Å². The van der Waals surface area contributed by atoms with Gasteiger partial charge >= 0.3 is 0 Å². The van der Waals surface area contributed by atoms with Crippen molar-refractivity contribution in [2.75, 3.05) is 5.73 Å². The van der Waals surface area contributed by atoms with E-state index in [-0.39, 0.29) is 11.5 Å². The summed E-state index contributed by atoms with van der Waals surface area (Å²) in [4.78, 5) is 4.09. The van der Waals surface area contributed by atoms with Crippen molar-refractivity contribution in [2.45, 2.75) is 40.2 Å². The molecule has 4 N–H and O–H groups in total. The molecule has 0 aliphatic carbocycles. The summed E-state index contributed by atoms with van der Waals surface area (Å²) in [6.07, 6.45) is 2.63. The summed E-state index contributed by atoms with van der Waals surface area (Å²) in [5.74, 6) is 0.562. The summed E-state index contributed by atoms with van der Waals surface area (Å²) >= 11 is 0.